The molecule has 2 heteroatoms. The summed E-state index contributed by atoms with van der Waals surface area (Å²) >= 11 is 0. The molecule has 2 nitrogen and oxygen atoms in total. The van der Waals surface area contributed by atoms with Gasteiger partial charge in [0.05, 0.1) is 0 Å². The first kappa shape index (κ1) is 10.1. The zero-order valence-corrected chi connectivity index (χ0v) is 9.44. The van der Waals surface area contributed by atoms with Crippen molar-refractivity contribution in [1.29, 1.82) is 0 Å². The van der Waals surface area contributed by atoms with Gasteiger partial charge in [-0.25, -0.2) is 0 Å². The molecule has 0 aromatic heterocycles. The number of ketones is 1. The quantitative estimate of drug-likeness (QED) is 0.755. The Morgan fingerprint density at radius 3 is 2.35 bits per heavy atom. The third-order valence-electron chi connectivity index (χ3n) is 3.27. The third-order valence-corrected chi connectivity index (χ3v) is 3.27. The lowest BCUT2D eigenvalue weighted by Gasteiger charge is -2.05. The Hall–Kier alpha value is -2.09. The average molecular weight is 223 g/mol. The maximum atomic E-state index is 11.5. The maximum Gasteiger partial charge on any atom is 0.163 e. The molecule has 0 spiro atoms. The van der Waals surface area contributed by atoms with Crippen LogP contribution in [0.15, 0.2) is 42.5 Å². The lowest BCUT2D eigenvalue weighted by molar-refractivity contribution is 0.0994. The number of nitrogens with two attached hydrogens (primary N) is 1. The van der Waals surface area contributed by atoms with Crippen LogP contribution >= 0.6 is 0 Å². The second-order valence-corrected chi connectivity index (χ2v) is 4.42. The van der Waals surface area contributed by atoms with Gasteiger partial charge < -0.3 is 5.73 Å². The van der Waals surface area contributed by atoms with Crippen LogP contribution < -0.4 is 5.73 Å². The number of anilines is 1. The van der Waals surface area contributed by atoms with E-state index in [-0.39, 0.29) is 5.78 Å². The fourth-order valence-corrected chi connectivity index (χ4v) is 2.31. The van der Waals surface area contributed by atoms with Gasteiger partial charge in [-0.3, -0.25) is 4.79 Å². The van der Waals surface area contributed by atoms with Gasteiger partial charge in [-0.15, -0.1) is 0 Å². The van der Waals surface area contributed by atoms with Gasteiger partial charge in [-0.1, -0.05) is 30.3 Å². The minimum Gasteiger partial charge on any atom is -0.399 e. The highest BCUT2D eigenvalue weighted by Crippen LogP contribution is 2.28. The van der Waals surface area contributed by atoms with Crippen LogP contribution in [0.25, 0.3) is 11.1 Å². The van der Waals surface area contributed by atoms with E-state index in [0.29, 0.717) is 6.42 Å². The van der Waals surface area contributed by atoms with Crippen LogP contribution in [0, 0.1) is 0 Å². The molecule has 3 rings (SSSR count). The minimum atomic E-state index is 0.267. The van der Waals surface area contributed by atoms with Gasteiger partial charge in [0.15, 0.2) is 5.78 Å². The van der Waals surface area contributed by atoms with Crippen LogP contribution in [0.5, 0.6) is 0 Å². The second kappa shape index (κ2) is 3.74. The average Bonchev–Trinajstić information content (AvgIpc) is 2.72. The highest BCUT2D eigenvalue weighted by Gasteiger charge is 2.19. The Kier molecular flexibility index (Phi) is 2.22. The van der Waals surface area contributed by atoms with E-state index in [4.69, 9.17) is 5.73 Å². The van der Waals surface area contributed by atoms with Crippen LogP contribution in [-0.2, 0) is 6.42 Å². The smallest absolute Gasteiger partial charge is 0.163 e. The highest BCUT2D eigenvalue weighted by atomic mass is 16.1. The molecule has 2 N–H and O–H groups in total. The van der Waals surface area contributed by atoms with Gasteiger partial charge in [0.2, 0.25) is 0 Å². The van der Waals surface area contributed by atoms with E-state index in [2.05, 4.69) is 6.07 Å². The summed E-state index contributed by atoms with van der Waals surface area (Å²) in [6, 6.07) is 13.9. The molecule has 0 saturated carbocycles. The number of benzene rings is 2. The molecule has 0 fully saturated rings. The van der Waals surface area contributed by atoms with E-state index < -0.39 is 0 Å². The molecule has 0 bridgehead atoms. The second-order valence-electron chi connectivity index (χ2n) is 4.42. The standard InChI is InChI=1S/C15H13NO/c16-13-5-1-10(2-6-13)11-3-7-14-12(9-11)4-8-15(14)17/h1-3,5-7,9H,4,8,16H2. The summed E-state index contributed by atoms with van der Waals surface area (Å²) in [4.78, 5) is 11.5. The van der Waals surface area contributed by atoms with E-state index in [1.165, 1.54) is 5.56 Å². The SMILES string of the molecule is Nc1ccc(-c2ccc3c(c2)CCC3=O)cc1. The van der Waals surface area contributed by atoms with Crippen molar-refractivity contribution in [2.24, 2.45) is 0 Å². The Balaban J connectivity index is 2.05. The Morgan fingerprint density at radius 1 is 0.882 bits per heavy atom. The van der Waals surface area contributed by atoms with Crippen molar-refractivity contribution >= 4 is 11.5 Å². The lowest BCUT2D eigenvalue weighted by atomic mass is 10.0. The number of carbonyl (C=O) groups is 1. The Morgan fingerprint density at radius 2 is 1.59 bits per heavy atom. The van der Waals surface area contributed by atoms with E-state index in [1.807, 2.05) is 36.4 Å². The summed E-state index contributed by atoms with van der Waals surface area (Å²) in [6.07, 6.45) is 1.53. The Bertz CT molecular complexity index is 584. The molecule has 0 amide bonds. The van der Waals surface area contributed by atoms with E-state index in [0.717, 1.165) is 28.8 Å². The van der Waals surface area contributed by atoms with Gasteiger partial charge in [-0.05, 0) is 35.2 Å². The number of hydrogen-bond acceptors (Lipinski definition) is 2. The summed E-state index contributed by atoms with van der Waals surface area (Å²) in [7, 11) is 0. The predicted molar refractivity (Wildman–Crippen MR) is 68.9 cm³/mol. The molecule has 1 aliphatic carbocycles. The fraction of sp³-hybridized carbons (Fsp3) is 0.133. The number of aryl methyl sites for hydroxylation is 1. The number of Topliss-reactive ketones (excluding diaryl/α,β-unsaturated/α-hetero) is 1. The normalized spacial score (nSPS) is 13.8. The third kappa shape index (κ3) is 1.72. The number of carbonyl (C=O) groups excluding carboxylic acids is 1. The summed E-state index contributed by atoms with van der Waals surface area (Å²) in [5.74, 6) is 0.267. The monoisotopic (exact) mass is 223 g/mol. The van der Waals surface area contributed by atoms with Crippen molar-refractivity contribution in [2.45, 2.75) is 12.8 Å². The molecule has 17 heavy (non-hydrogen) atoms. The molecule has 1 aliphatic rings. The molecular formula is C15H13NO. The molecule has 0 radical (unpaired) electrons. The van der Waals surface area contributed by atoms with E-state index in [1.54, 1.807) is 0 Å². The van der Waals surface area contributed by atoms with Crippen LogP contribution in [-0.4, -0.2) is 5.78 Å². The van der Waals surface area contributed by atoms with Gasteiger partial charge in [0.25, 0.3) is 0 Å². The first-order valence-electron chi connectivity index (χ1n) is 5.76. The fourth-order valence-electron chi connectivity index (χ4n) is 2.31. The van der Waals surface area contributed by atoms with E-state index >= 15 is 0 Å². The van der Waals surface area contributed by atoms with E-state index in [9.17, 15) is 4.79 Å². The number of hydrogen-bond donors (Lipinski definition) is 1. The van der Waals surface area contributed by atoms with Crippen molar-refractivity contribution < 1.29 is 4.79 Å². The van der Waals surface area contributed by atoms with Crippen molar-refractivity contribution in [2.75, 3.05) is 5.73 Å². The maximum absolute atomic E-state index is 11.5. The number of rotatable bonds is 1. The molecular weight excluding hydrogens is 210 g/mol. The summed E-state index contributed by atoms with van der Waals surface area (Å²) in [5.41, 5.74) is 10.8. The molecule has 0 saturated heterocycles. The molecule has 84 valence electrons. The molecule has 2 aromatic carbocycles. The molecule has 0 heterocycles. The molecule has 2 aromatic rings. The van der Waals surface area contributed by atoms with Gasteiger partial charge >= 0.3 is 0 Å². The highest BCUT2D eigenvalue weighted by molar-refractivity contribution is 6.00. The number of nitrogen functional groups attached to an aromatic ring is 1. The molecule has 0 atom stereocenters. The van der Waals surface area contributed by atoms with Crippen LogP contribution in [0.3, 0.4) is 0 Å². The van der Waals surface area contributed by atoms with Crippen LogP contribution in [0.2, 0.25) is 0 Å². The largest absolute Gasteiger partial charge is 0.399 e. The summed E-state index contributed by atoms with van der Waals surface area (Å²) in [6.45, 7) is 0. The first-order chi connectivity index (χ1) is 8.24. The Labute approximate surface area is 100 Å². The van der Waals surface area contributed by atoms with Crippen molar-refractivity contribution in [3.8, 4) is 11.1 Å². The zero-order chi connectivity index (χ0) is 11.8. The zero-order valence-electron chi connectivity index (χ0n) is 9.44. The van der Waals surface area contributed by atoms with Crippen LogP contribution in [0.1, 0.15) is 22.3 Å². The minimum absolute atomic E-state index is 0.267. The van der Waals surface area contributed by atoms with Gasteiger partial charge in [0, 0.05) is 17.7 Å². The first-order valence-corrected chi connectivity index (χ1v) is 5.76. The van der Waals surface area contributed by atoms with Gasteiger partial charge in [0.1, 0.15) is 0 Å². The predicted octanol–water partition coefficient (Wildman–Crippen LogP) is 3.06. The van der Waals surface area contributed by atoms with Gasteiger partial charge in [-0.2, -0.15) is 0 Å². The van der Waals surface area contributed by atoms with Crippen molar-refractivity contribution in [1.82, 2.24) is 0 Å². The van der Waals surface area contributed by atoms with Crippen molar-refractivity contribution in [3.63, 3.8) is 0 Å². The molecule has 0 aliphatic heterocycles. The van der Waals surface area contributed by atoms with Crippen LogP contribution in [0.4, 0.5) is 5.69 Å². The lowest BCUT2D eigenvalue weighted by Crippen LogP contribution is -1.91. The summed E-state index contributed by atoms with van der Waals surface area (Å²) in [5, 5.41) is 0. The van der Waals surface area contributed by atoms with Crippen molar-refractivity contribution in [3.05, 3.63) is 53.6 Å². The topological polar surface area (TPSA) is 43.1 Å². The summed E-state index contributed by atoms with van der Waals surface area (Å²) < 4.78 is 0. The number of fused-ring (bicyclic) bond motifs is 1. The molecule has 0 unspecified atom stereocenters.